The zero-order chi connectivity index (χ0) is 15.3. The number of sulfonamides is 1. The molecule has 114 valence electrons. The number of likely N-dealkylation sites (N-methyl/N-ethyl adjacent to an activating group) is 1. The van der Waals surface area contributed by atoms with Crippen molar-refractivity contribution in [3.8, 4) is 0 Å². The fourth-order valence-corrected chi connectivity index (χ4v) is 2.59. The lowest BCUT2D eigenvalue weighted by Gasteiger charge is -2.16. The molecule has 0 bridgehead atoms. The highest BCUT2D eigenvalue weighted by molar-refractivity contribution is 7.89. The number of aromatic nitrogens is 2. The molecular weight excluding hydrogens is 282 g/mol. The van der Waals surface area contributed by atoms with Crippen LogP contribution in [0.15, 0.2) is 17.3 Å². The molecule has 1 amide bonds. The highest BCUT2D eigenvalue weighted by Crippen LogP contribution is 2.06. The van der Waals surface area contributed by atoms with Gasteiger partial charge in [-0.1, -0.05) is 0 Å². The van der Waals surface area contributed by atoms with Crippen LogP contribution in [-0.2, 0) is 21.9 Å². The third kappa shape index (κ3) is 4.58. The van der Waals surface area contributed by atoms with Gasteiger partial charge in [-0.25, -0.2) is 8.42 Å². The molecule has 1 heterocycles. The SMILES string of the molecule is CNC(C)CNC(=O)C(C)NS(=O)(=O)c1cnn(C)c1. The molecule has 1 aromatic heterocycles. The molecule has 0 saturated heterocycles. The Morgan fingerprint density at radius 3 is 2.60 bits per heavy atom. The molecule has 2 unspecified atom stereocenters. The summed E-state index contributed by atoms with van der Waals surface area (Å²) in [4.78, 5) is 11.8. The number of nitrogens with zero attached hydrogens (tertiary/aromatic N) is 2. The normalized spacial score (nSPS) is 14.8. The van der Waals surface area contributed by atoms with Gasteiger partial charge in [0.1, 0.15) is 4.90 Å². The van der Waals surface area contributed by atoms with E-state index < -0.39 is 16.1 Å². The summed E-state index contributed by atoms with van der Waals surface area (Å²) < 4.78 is 27.7. The third-order valence-corrected chi connectivity index (χ3v) is 4.29. The molecule has 9 heteroatoms. The van der Waals surface area contributed by atoms with Crippen molar-refractivity contribution >= 4 is 15.9 Å². The van der Waals surface area contributed by atoms with E-state index in [9.17, 15) is 13.2 Å². The Kier molecular flexibility index (Phi) is 5.66. The Morgan fingerprint density at radius 2 is 2.10 bits per heavy atom. The Balaban J connectivity index is 2.61. The van der Waals surface area contributed by atoms with Crippen LogP contribution in [0.2, 0.25) is 0 Å². The molecule has 0 radical (unpaired) electrons. The summed E-state index contributed by atoms with van der Waals surface area (Å²) in [5.74, 6) is -0.375. The Morgan fingerprint density at radius 1 is 1.45 bits per heavy atom. The van der Waals surface area contributed by atoms with Crippen molar-refractivity contribution in [2.75, 3.05) is 13.6 Å². The van der Waals surface area contributed by atoms with Gasteiger partial charge in [0.2, 0.25) is 15.9 Å². The highest BCUT2D eigenvalue weighted by Gasteiger charge is 2.23. The smallest absolute Gasteiger partial charge is 0.244 e. The minimum absolute atomic E-state index is 0.0308. The van der Waals surface area contributed by atoms with Crippen LogP contribution in [0.25, 0.3) is 0 Å². The standard InChI is InChI=1S/C11H21N5O3S/c1-8(12-3)5-13-11(17)9(2)15-20(18,19)10-6-14-16(4)7-10/h6-9,12,15H,5H2,1-4H3,(H,13,17). The first-order chi connectivity index (χ1) is 9.26. The summed E-state index contributed by atoms with van der Waals surface area (Å²) in [7, 11) is -0.335. The van der Waals surface area contributed by atoms with Gasteiger partial charge in [-0.2, -0.15) is 9.82 Å². The van der Waals surface area contributed by atoms with Crippen LogP contribution in [0.5, 0.6) is 0 Å². The van der Waals surface area contributed by atoms with Crippen LogP contribution in [0, 0.1) is 0 Å². The Bertz CT molecular complexity index is 554. The molecular formula is C11H21N5O3S. The largest absolute Gasteiger partial charge is 0.353 e. The van der Waals surface area contributed by atoms with E-state index in [-0.39, 0.29) is 16.8 Å². The molecule has 0 spiro atoms. The number of aryl methyl sites for hydroxylation is 1. The van der Waals surface area contributed by atoms with Gasteiger partial charge in [0.15, 0.2) is 0 Å². The van der Waals surface area contributed by atoms with Crippen molar-refractivity contribution in [1.29, 1.82) is 0 Å². The summed E-state index contributed by atoms with van der Waals surface area (Å²) in [6.45, 7) is 3.83. The zero-order valence-corrected chi connectivity index (χ0v) is 12.9. The van der Waals surface area contributed by atoms with Crippen molar-refractivity contribution in [2.45, 2.75) is 30.8 Å². The average molecular weight is 303 g/mol. The van der Waals surface area contributed by atoms with Crippen LogP contribution < -0.4 is 15.4 Å². The first-order valence-electron chi connectivity index (χ1n) is 6.22. The molecule has 1 rings (SSSR count). The van der Waals surface area contributed by atoms with Gasteiger partial charge in [0, 0.05) is 25.8 Å². The number of rotatable bonds is 7. The molecule has 8 nitrogen and oxygen atoms in total. The van der Waals surface area contributed by atoms with E-state index in [1.165, 1.54) is 24.0 Å². The number of carbonyl (C=O) groups excluding carboxylic acids is 1. The topological polar surface area (TPSA) is 105 Å². The van der Waals surface area contributed by atoms with Crippen LogP contribution in [0.3, 0.4) is 0 Å². The molecule has 0 fully saturated rings. The lowest BCUT2D eigenvalue weighted by molar-refractivity contribution is -0.122. The van der Waals surface area contributed by atoms with Crippen molar-refractivity contribution in [1.82, 2.24) is 25.1 Å². The first-order valence-corrected chi connectivity index (χ1v) is 7.70. The van der Waals surface area contributed by atoms with Crippen molar-refractivity contribution < 1.29 is 13.2 Å². The van der Waals surface area contributed by atoms with Gasteiger partial charge in [-0.15, -0.1) is 0 Å². The van der Waals surface area contributed by atoms with E-state index in [1.54, 1.807) is 14.1 Å². The van der Waals surface area contributed by atoms with Crippen LogP contribution in [0.1, 0.15) is 13.8 Å². The van der Waals surface area contributed by atoms with Crippen molar-refractivity contribution in [3.05, 3.63) is 12.4 Å². The lowest BCUT2D eigenvalue weighted by atomic mass is 10.3. The van der Waals surface area contributed by atoms with E-state index >= 15 is 0 Å². The summed E-state index contributed by atoms with van der Waals surface area (Å²) in [6.07, 6.45) is 2.60. The van der Waals surface area contributed by atoms with E-state index in [4.69, 9.17) is 0 Å². The fourth-order valence-electron chi connectivity index (χ4n) is 1.40. The maximum absolute atomic E-state index is 12.0. The zero-order valence-electron chi connectivity index (χ0n) is 12.0. The van der Waals surface area contributed by atoms with Crippen molar-refractivity contribution in [3.63, 3.8) is 0 Å². The number of hydrogen-bond acceptors (Lipinski definition) is 5. The monoisotopic (exact) mass is 303 g/mol. The van der Waals surface area contributed by atoms with Crippen LogP contribution in [-0.4, -0.2) is 49.8 Å². The molecule has 0 aliphatic carbocycles. The maximum atomic E-state index is 12.0. The molecule has 1 aromatic rings. The first kappa shape index (κ1) is 16.6. The Labute approximate surface area is 119 Å². The van der Waals surface area contributed by atoms with Gasteiger partial charge in [-0.3, -0.25) is 9.48 Å². The van der Waals surface area contributed by atoms with Gasteiger partial charge in [0.05, 0.1) is 12.2 Å². The minimum Gasteiger partial charge on any atom is -0.353 e. The molecule has 0 aliphatic rings. The van der Waals surface area contributed by atoms with E-state index in [2.05, 4.69) is 20.5 Å². The molecule has 0 saturated carbocycles. The average Bonchev–Trinajstić information content (AvgIpc) is 2.82. The maximum Gasteiger partial charge on any atom is 0.244 e. The summed E-state index contributed by atoms with van der Waals surface area (Å²) in [5.41, 5.74) is 0. The highest BCUT2D eigenvalue weighted by atomic mass is 32.2. The molecule has 20 heavy (non-hydrogen) atoms. The fraction of sp³-hybridized carbons (Fsp3) is 0.636. The number of carbonyl (C=O) groups is 1. The molecule has 0 aliphatic heterocycles. The third-order valence-electron chi connectivity index (χ3n) is 2.79. The van der Waals surface area contributed by atoms with Gasteiger partial charge < -0.3 is 10.6 Å². The van der Waals surface area contributed by atoms with Gasteiger partial charge in [0.25, 0.3) is 0 Å². The molecule has 3 N–H and O–H groups in total. The van der Waals surface area contributed by atoms with Crippen molar-refractivity contribution in [2.24, 2.45) is 7.05 Å². The second kappa shape index (κ2) is 6.82. The predicted octanol–water partition coefficient (Wildman–Crippen LogP) is -1.19. The Hall–Kier alpha value is -1.45. The van der Waals surface area contributed by atoms with E-state index in [0.29, 0.717) is 6.54 Å². The van der Waals surface area contributed by atoms with E-state index in [0.717, 1.165) is 0 Å². The number of nitrogens with one attached hydrogen (secondary N) is 3. The van der Waals surface area contributed by atoms with Crippen LogP contribution in [0.4, 0.5) is 0 Å². The summed E-state index contributed by atoms with van der Waals surface area (Å²) in [5, 5.41) is 9.43. The molecule has 0 aromatic carbocycles. The molecule has 2 atom stereocenters. The quantitative estimate of drug-likeness (QED) is 0.587. The predicted molar refractivity (Wildman–Crippen MR) is 74.5 cm³/mol. The van der Waals surface area contributed by atoms with Crippen LogP contribution >= 0.6 is 0 Å². The second-order valence-electron chi connectivity index (χ2n) is 4.63. The summed E-state index contributed by atoms with van der Waals surface area (Å²) >= 11 is 0. The second-order valence-corrected chi connectivity index (χ2v) is 6.34. The minimum atomic E-state index is -3.74. The van der Waals surface area contributed by atoms with E-state index in [1.807, 2.05) is 6.92 Å². The number of hydrogen-bond donors (Lipinski definition) is 3. The van der Waals surface area contributed by atoms with Gasteiger partial charge in [-0.05, 0) is 20.9 Å². The summed E-state index contributed by atoms with van der Waals surface area (Å²) in [6, 6.07) is -0.745. The number of amides is 1. The van der Waals surface area contributed by atoms with Gasteiger partial charge >= 0.3 is 0 Å². The lowest BCUT2D eigenvalue weighted by Crippen LogP contribution is -2.47.